The second-order valence-electron chi connectivity index (χ2n) is 9.10. The van der Waals surface area contributed by atoms with Gasteiger partial charge < -0.3 is 15.0 Å². The molecule has 0 unspecified atom stereocenters. The molecule has 1 N–H and O–H groups in total. The molecule has 1 aliphatic rings. The molecule has 0 saturated carbocycles. The summed E-state index contributed by atoms with van der Waals surface area (Å²) in [5, 5.41) is 3.28. The lowest BCUT2D eigenvalue weighted by atomic mass is 9.87. The van der Waals surface area contributed by atoms with E-state index in [-0.39, 0.29) is 30.2 Å². The number of nitrogens with zero attached hydrogens (tertiary/aromatic N) is 1. The van der Waals surface area contributed by atoms with Crippen LogP contribution in [0.25, 0.3) is 0 Å². The molecule has 35 heavy (non-hydrogen) atoms. The van der Waals surface area contributed by atoms with E-state index in [4.69, 9.17) is 16.3 Å². The van der Waals surface area contributed by atoms with Crippen LogP contribution in [0.15, 0.2) is 66.7 Å². The molecule has 0 aromatic heterocycles. The standard InChI is InChI=1S/C28H28ClFN2O3/c1-18(2)13-27(34)32-12-11-19-9-10-24(16-25(19)28(32)20-5-3-7-22(30)14-20)35-17-26(33)31-23-8-4-6-21(29)15-23/h3-10,14-16,18,28H,11-13,17H2,1-2H3,(H,31,33)/t28-/m0/s1. The van der Waals surface area contributed by atoms with Crippen LogP contribution >= 0.6 is 11.6 Å². The minimum Gasteiger partial charge on any atom is -0.484 e. The largest absolute Gasteiger partial charge is 0.484 e. The fourth-order valence-corrected chi connectivity index (χ4v) is 4.56. The number of amides is 2. The average Bonchev–Trinajstić information content (AvgIpc) is 2.81. The van der Waals surface area contributed by atoms with Crippen molar-refractivity contribution in [2.24, 2.45) is 5.92 Å². The Labute approximate surface area is 209 Å². The molecule has 0 spiro atoms. The highest BCUT2D eigenvalue weighted by Crippen LogP contribution is 2.38. The predicted molar refractivity (Wildman–Crippen MR) is 135 cm³/mol. The van der Waals surface area contributed by atoms with Crippen LogP contribution in [0, 0.1) is 11.7 Å². The van der Waals surface area contributed by atoms with Crippen LogP contribution in [0.1, 0.15) is 43.0 Å². The number of ether oxygens (including phenoxy) is 1. The summed E-state index contributed by atoms with van der Waals surface area (Å²) >= 11 is 5.97. The molecule has 0 bridgehead atoms. The van der Waals surface area contributed by atoms with E-state index in [0.717, 1.165) is 11.1 Å². The number of halogens is 2. The van der Waals surface area contributed by atoms with E-state index >= 15 is 0 Å². The number of anilines is 1. The van der Waals surface area contributed by atoms with Crippen molar-refractivity contribution in [1.82, 2.24) is 4.90 Å². The molecule has 7 heteroatoms. The molecular weight excluding hydrogens is 467 g/mol. The Morgan fingerprint density at radius 3 is 2.66 bits per heavy atom. The molecule has 0 aliphatic carbocycles. The molecule has 4 rings (SSSR count). The first-order valence-corrected chi connectivity index (χ1v) is 12.0. The monoisotopic (exact) mass is 494 g/mol. The number of fused-ring (bicyclic) bond motifs is 1. The summed E-state index contributed by atoms with van der Waals surface area (Å²) < 4.78 is 19.9. The minimum absolute atomic E-state index is 0.0344. The number of hydrogen-bond donors (Lipinski definition) is 1. The van der Waals surface area contributed by atoms with Crippen molar-refractivity contribution in [3.63, 3.8) is 0 Å². The van der Waals surface area contributed by atoms with E-state index < -0.39 is 6.04 Å². The predicted octanol–water partition coefficient (Wildman–Crippen LogP) is 6.02. The highest BCUT2D eigenvalue weighted by molar-refractivity contribution is 6.30. The highest BCUT2D eigenvalue weighted by Gasteiger charge is 2.32. The smallest absolute Gasteiger partial charge is 0.262 e. The molecule has 5 nitrogen and oxygen atoms in total. The summed E-state index contributed by atoms with van der Waals surface area (Å²) in [6, 6.07) is 18.4. The Balaban J connectivity index is 1.57. The van der Waals surface area contributed by atoms with Gasteiger partial charge in [-0.25, -0.2) is 4.39 Å². The summed E-state index contributed by atoms with van der Waals surface area (Å²) in [5.41, 5.74) is 3.25. The van der Waals surface area contributed by atoms with Crippen LogP contribution in [0.3, 0.4) is 0 Å². The van der Waals surface area contributed by atoms with Gasteiger partial charge in [0.2, 0.25) is 5.91 Å². The lowest BCUT2D eigenvalue weighted by Gasteiger charge is -2.38. The van der Waals surface area contributed by atoms with Crippen molar-refractivity contribution in [3.8, 4) is 5.75 Å². The lowest BCUT2D eigenvalue weighted by molar-refractivity contribution is -0.134. The molecule has 1 heterocycles. The van der Waals surface area contributed by atoms with Gasteiger partial charge in [-0.2, -0.15) is 0 Å². The van der Waals surface area contributed by atoms with Crippen LogP contribution in [-0.2, 0) is 16.0 Å². The molecule has 182 valence electrons. The van der Waals surface area contributed by atoms with Crippen molar-refractivity contribution in [2.45, 2.75) is 32.7 Å². The summed E-state index contributed by atoms with van der Waals surface area (Å²) in [6.45, 7) is 4.38. The van der Waals surface area contributed by atoms with Gasteiger partial charge in [0.05, 0.1) is 6.04 Å². The summed E-state index contributed by atoms with van der Waals surface area (Å²) in [4.78, 5) is 27.3. The van der Waals surface area contributed by atoms with Crippen molar-refractivity contribution in [1.29, 1.82) is 0 Å². The van der Waals surface area contributed by atoms with Gasteiger partial charge in [-0.05, 0) is 71.5 Å². The second kappa shape index (κ2) is 10.9. The van der Waals surface area contributed by atoms with Crippen molar-refractivity contribution in [3.05, 3.63) is 94.3 Å². The van der Waals surface area contributed by atoms with Gasteiger partial charge in [-0.1, -0.05) is 49.7 Å². The van der Waals surface area contributed by atoms with Gasteiger partial charge in [0.1, 0.15) is 11.6 Å². The normalized spacial score (nSPS) is 15.0. The number of carbonyl (C=O) groups is 2. The Morgan fingerprint density at radius 2 is 1.91 bits per heavy atom. The zero-order valence-corrected chi connectivity index (χ0v) is 20.5. The molecule has 0 saturated heterocycles. The van der Waals surface area contributed by atoms with Gasteiger partial charge in [0.15, 0.2) is 6.61 Å². The second-order valence-corrected chi connectivity index (χ2v) is 9.54. The highest BCUT2D eigenvalue weighted by atomic mass is 35.5. The van der Waals surface area contributed by atoms with Gasteiger partial charge in [-0.3, -0.25) is 9.59 Å². The zero-order valence-electron chi connectivity index (χ0n) is 19.8. The Bertz CT molecular complexity index is 1230. The molecule has 1 aliphatic heterocycles. The fraction of sp³-hybridized carbons (Fsp3) is 0.286. The third-order valence-electron chi connectivity index (χ3n) is 5.89. The molecule has 1 atom stereocenters. The maximum Gasteiger partial charge on any atom is 0.262 e. The maximum absolute atomic E-state index is 14.1. The van der Waals surface area contributed by atoms with E-state index in [2.05, 4.69) is 5.32 Å². The van der Waals surface area contributed by atoms with Crippen LogP contribution in [0.2, 0.25) is 5.02 Å². The van der Waals surface area contributed by atoms with E-state index in [1.54, 1.807) is 30.3 Å². The Hall–Kier alpha value is -3.38. The zero-order chi connectivity index (χ0) is 24.9. The first kappa shape index (κ1) is 24.7. The molecular formula is C28H28ClFN2O3. The van der Waals surface area contributed by atoms with Crippen LogP contribution in [-0.4, -0.2) is 29.9 Å². The minimum atomic E-state index is -0.426. The summed E-state index contributed by atoms with van der Waals surface area (Å²) in [7, 11) is 0. The number of benzene rings is 3. The summed E-state index contributed by atoms with van der Waals surface area (Å²) in [6.07, 6.45) is 1.11. The molecule has 0 fully saturated rings. The maximum atomic E-state index is 14.1. The van der Waals surface area contributed by atoms with E-state index in [0.29, 0.717) is 41.4 Å². The van der Waals surface area contributed by atoms with Gasteiger partial charge >= 0.3 is 0 Å². The molecule has 3 aromatic carbocycles. The number of carbonyl (C=O) groups excluding carboxylic acids is 2. The van der Waals surface area contributed by atoms with Crippen molar-refractivity contribution >= 4 is 29.1 Å². The van der Waals surface area contributed by atoms with Crippen LogP contribution < -0.4 is 10.1 Å². The molecule has 0 radical (unpaired) electrons. The van der Waals surface area contributed by atoms with Crippen LogP contribution in [0.4, 0.5) is 10.1 Å². The van der Waals surface area contributed by atoms with Crippen LogP contribution in [0.5, 0.6) is 5.75 Å². The number of hydrogen-bond acceptors (Lipinski definition) is 3. The topological polar surface area (TPSA) is 58.6 Å². The average molecular weight is 495 g/mol. The number of nitrogens with one attached hydrogen (secondary N) is 1. The first-order chi connectivity index (χ1) is 16.8. The van der Waals surface area contributed by atoms with E-state index in [1.165, 1.54) is 12.1 Å². The van der Waals surface area contributed by atoms with Crippen molar-refractivity contribution < 1.29 is 18.7 Å². The third kappa shape index (κ3) is 6.20. The van der Waals surface area contributed by atoms with Gasteiger partial charge in [0.25, 0.3) is 5.91 Å². The molecule has 3 aromatic rings. The third-order valence-corrected chi connectivity index (χ3v) is 6.13. The lowest BCUT2D eigenvalue weighted by Crippen LogP contribution is -2.41. The Morgan fingerprint density at radius 1 is 1.11 bits per heavy atom. The summed E-state index contributed by atoms with van der Waals surface area (Å²) in [5.74, 6) is 0.0813. The fourth-order valence-electron chi connectivity index (χ4n) is 4.37. The van der Waals surface area contributed by atoms with Crippen molar-refractivity contribution in [2.75, 3.05) is 18.5 Å². The first-order valence-electron chi connectivity index (χ1n) is 11.7. The molecule has 2 amide bonds. The van der Waals surface area contributed by atoms with E-state index in [9.17, 15) is 14.0 Å². The van der Waals surface area contributed by atoms with E-state index in [1.807, 2.05) is 43.0 Å². The Kier molecular flexibility index (Phi) is 7.71. The quantitative estimate of drug-likeness (QED) is 0.437. The van der Waals surface area contributed by atoms with Gasteiger partial charge in [-0.15, -0.1) is 0 Å². The SMILES string of the molecule is CC(C)CC(=O)N1CCc2ccc(OCC(=O)Nc3cccc(Cl)c3)cc2[C@@H]1c1cccc(F)c1. The number of rotatable bonds is 7. The van der Waals surface area contributed by atoms with Gasteiger partial charge in [0, 0.05) is 23.7 Å².